The second-order valence-electron chi connectivity index (χ2n) is 5.28. The van der Waals surface area contributed by atoms with Crippen LogP contribution in [0.2, 0.25) is 0 Å². The summed E-state index contributed by atoms with van der Waals surface area (Å²) in [5.41, 5.74) is 2.41. The molecule has 0 unspecified atom stereocenters. The van der Waals surface area contributed by atoms with Gasteiger partial charge in [-0.1, -0.05) is 12.1 Å². The third kappa shape index (κ3) is 3.80. The lowest BCUT2D eigenvalue weighted by molar-refractivity contribution is 0.0947. The molecular weight excluding hydrogens is 336 g/mol. The highest BCUT2D eigenvalue weighted by atomic mass is 32.1. The molecule has 0 aliphatic rings. The van der Waals surface area contributed by atoms with Crippen LogP contribution in [0.5, 0.6) is 11.5 Å². The van der Waals surface area contributed by atoms with Gasteiger partial charge < -0.3 is 14.8 Å². The number of ether oxygens (including phenoxy) is 2. The van der Waals surface area contributed by atoms with Crippen molar-refractivity contribution >= 4 is 17.2 Å². The number of amides is 1. The molecule has 25 heavy (non-hydrogen) atoms. The Balaban J connectivity index is 1.74. The summed E-state index contributed by atoms with van der Waals surface area (Å²) >= 11 is 1.66. The number of rotatable bonds is 6. The molecule has 5 nitrogen and oxygen atoms in total. The van der Waals surface area contributed by atoms with Crippen molar-refractivity contribution in [2.75, 3.05) is 14.2 Å². The van der Waals surface area contributed by atoms with Crippen LogP contribution in [0.3, 0.4) is 0 Å². The summed E-state index contributed by atoms with van der Waals surface area (Å²) in [5, 5.41) is 4.93. The Kier molecular flexibility index (Phi) is 5.30. The van der Waals surface area contributed by atoms with Gasteiger partial charge in [0.05, 0.1) is 19.8 Å². The van der Waals surface area contributed by atoms with Crippen LogP contribution < -0.4 is 14.8 Å². The zero-order chi connectivity index (χ0) is 17.6. The fraction of sp³-hybridized carbons (Fsp3) is 0.158. The molecule has 2 heterocycles. The van der Waals surface area contributed by atoms with Gasteiger partial charge in [0.15, 0.2) is 11.5 Å². The highest BCUT2D eigenvalue weighted by molar-refractivity contribution is 7.13. The molecule has 0 atom stereocenters. The van der Waals surface area contributed by atoms with E-state index in [9.17, 15) is 4.79 Å². The Morgan fingerprint density at radius 1 is 1.16 bits per heavy atom. The van der Waals surface area contributed by atoms with Gasteiger partial charge in [0.2, 0.25) is 0 Å². The number of nitrogens with zero attached hydrogens (tertiary/aromatic N) is 1. The molecule has 0 saturated carbocycles. The van der Waals surface area contributed by atoms with Crippen LogP contribution in [0.1, 0.15) is 15.9 Å². The van der Waals surface area contributed by atoms with Gasteiger partial charge in [-0.05, 0) is 35.2 Å². The molecule has 0 saturated heterocycles. The van der Waals surface area contributed by atoms with Crippen LogP contribution in [-0.2, 0) is 6.54 Å². The Bertz CT molecular complexity index is 863. The second-order valence-corrected chi connectivity index (χ2v) is 6.23. The average Bonchev–Trinajstić information content (AvgIpc) is 3.20. The molecule has 0 aliphatic heterocycles. The molecule has 3 aromatic rings. The van der Waals surface area contributed by atoms with E-state index in [1.54, 1.807) is 42.8 Å². The first-order valence-corrected chi connectivity index (χ1v) is 8.58. The smallest absolute Gasteiger partial charge is 0.255 e. The lowest BCUT2D eigenvalue weighted by atomic mass is 10.1. The van der Waals surface area contributed by atoms with E-state index in [4.69, 9.17) is 9.47 Å². The number of methoxy groups -OCH3 is 2. The van der Waals surface area contributed by atoms with Crippen molar-refractivity contribution in [1.29, 1.82) is 0 Å². The van der Waals surface area contributed by atoms with E-state index in [-0.39, 0.29) is 5.91 Å². The Morgan fingerprint density at radius 3 is 2.76 bits per heavy atom. The van der Waals surface area contributed by atoms with Crippen LogP contribution in [0, 0.1) is 0 Å². The number of para-hydroxylation sites is 1. The summed E-state index contributed by atoms with van der Waals surface area (Å²) in [4.78, 5) is 17.9. The molecule has 2 aromatic heterocycles. The number of aromatic nitrogens is 1. The number of carbonyl (C=O) groups is 1. The van der Waals surface area contributed by atoms with E-state index in [2.05, 4.69) is 10.3 Å². The zero-order valence-corrected chi connectivity index (χ0v) is 14.8. The predicted octanol–water partition coefficient (Wildman–Crippen LogP) is 3.76. The third-order valence-corrected chi connectivity index (χ3v) is 4.62. The Labute approximate surface area is 150 Å². The SMILES string of the molecule is COc1cccc(C(=O)NCc2cncc(-c3cccs3)c2)c1OC. The van der Waals surface area contributed by atoms with E-state index in [1.165, 1.54) is 7.11 Å². The van der Waals surface area contributed by atoms with Crippen molar-refractivity contribution in [2.45, 2.75) is 6.54 Å². The van der Waals surface area contributed by atoms with E-state index >= 15 is 0 Å². The molecule has 1 amide bonds. The first-order valence-electron chi connectivity index (χ1n) is 7.70. The number of carbonyl (C=O) groups excluding carboxylic acids is 1. The number of benzene rings is 1. The maximum atomic E-state index is 12.5. The first-order chi connectivity index (χ1) is 12.2. The fourth-order valence-corrected chi connectivity index (χ4v) is 3.21. The molecular formula is C19H18N2O3S. The van der Waals surface area contributed by atoms with Gasteiger partial charge in [-0.15, -0.1) is 11.3 Å². The van der Waals surface area contributed by atoms with Gasteiger partial charge in [-0.2, -0.15) is 0 Å². The molecule has 0 fully saturated rings. The number of hydrogen-bond donors (Lipinski definition) is 1. The zero-order valence-electron chi connectivity index (χ0n) is 14.0. The molecule has 128 valence electrons. The lowest BCUT2D eigenvalue weighted by Crippen LogP contribution is -2.23. The monoisotopic (exact) mass is 354 g/mol. The quantitative estimate of drug-likeness (QED) is 0.732. The molecule has 3 rings (SSSR count). The molecule has 6 heteroatoms. The second kappa shape index (κ2) is 7.81. The summed E-state index contributed by atoms with van der Waals surface area (Å²) in [5.74, 6) is 0.724. The summed E-state index contributed by atoms with van der Waals surface area (Å²) < 4.78 is 10.5. The van der Waals surface area contributed by atoms with Crippen LogP contribution in [-0.4, -0.2) is 25.1 Å². The van der Waals surface area contributed by atoms with Gasteiger partial charge in [0, 0.05) is 29.4 Å². The summed E-state index contributed by atoms with van der Waals surface area (Å²) in [7, 11) is 3.06. The molecule has 1 aromatic carbocycles. The fourth-order valence-electron chi connectivity index (χ4n) is 2.51. The summed E-state index contributed by atoms with van der Waals surface area (Å²) in [6, 6.07) is 11.3. The maximum absolute atomic E-state index is 12.5. The third-order valence-electron chi connectivity index (χ3n) is 3.70. The van der Waals surface area contributed by atoms with Crippen LogP contribution in [0.4, 0.5) is 0 Å². The number of thiophene rings is 1. The Morgan fingerprint density at radius 2 is 2.04 bits per heavy atom. The van der Waals surface area contributed by atoms with E-state index in [1.807, 2.05) is 29.8 Å². The topological polar surface area (TPSA) is 60.5 Å². The van der Waals surface area contributed by atoms with Gasteiger partial charge in [0.1, 0.15) is 0 Å². The van der Waals surface area contributed by atoms with Crippen molar-refractivity contribution in [3.63, 3.8) is 0 Å². The highest BCUT2D eigenvalue weighted by Gasteiger charge is 2.16. The minimum atomic E-state index is -0.225. The lowest BCUT2D eigenvalue weighted by Gasteiger charge is -2.12. The van der Waals surface area contributed by atoms with Crippen LogP contribution >= 0.6 is 11.3 Å². The van der Waals surface area contributed by atoms with Crippen LogP contribution in [0.15, 0.2) is 54.2 Å². The van der Waals surface area contributed by atoms with Crippen molar-refractivity contribution < 1.29 is 14.3 Å². The minimum Gasteiger partial charge on any atom is -0.493 e. The molecule has 0 bridgehead atoms. The number of pyridine rings is 1. The standard InChI is InChI=1S/C19H18N2O3S/c1-23-16-6-3-5-15(18(16)24-2)19(22)21-11-13-9-14(12-20-10-13)17-7-4-8-25-17/h3-10,12H,11H2,1-2H3,(H,21,22). The van der Waals surface area contributed by atoms with Gasteiger partial charge >= 0.3 is 0 Å². The van der Waals surface area contributed by atoms with Crippen molar-refractivity contribution in [1.82, 2.24) is 10.3 Å². The number of hydrogen-bond acceptors (Lipinski definition) is 5. The first kappa shape index (κ1) is 17.0. The maximum Gasteiger partial charge on any atom is 0.255 e. The van der Waals surface area contributed by atoms with Gasteiger partial charge in [-0.25, -0.2) is 0 Å². The molecule has 0 aliphatic carbocycles. The van der Waals surface area contributed by atoms with Crippen molar-refractivity contribution in [2.24, 2.45) is 0 Å². The van der Waals surface area contributed by atoms with Gasteiger partial charge in [0.25, 0.3) is 5.91 Å². The van der Waals surface area contributed by atoms with E-state index < -0.39 is 0 Å². The number of nitrogens with one attached hydrogen (secondary N) is 1. The Hall–Kier alpha value is -2.86. The minimum absolute atomic E-state index is 0.225. The molecule has 0 radical (unpaired) electrons. The van der Waals surface area contributed by atoms with Crippen molar-refractivity contribution in [3.05, 3.63) is 65.3 Å². The largest absolute Gasteiger partial charge is 0.493 e. The summed E-state index contributed by atoms with van der Waals surface area (Å²) in [6.45, 7) is 0.380. The average molecular weight is 354 g/mol. The molecule has 1 N–H and O–H groups in total. The normalized spacial score (nSPS) is 10.3. The summed E-state index contributed by atoms with van der Waals surface area (Å²) in [6.07, 6.45) is 3.57. The predicted molar refractivity (Wildman–Crippen MR) is 98.3 cm³/mol. The van der Waals surface area contributed by atoms with E-state index in [0.717, 1.165) is 16.0 Å². The van der Waals surface area contributed by atoms with Crippen LogP contribution in [0.25, 0.3) is 10.4 Å². The van der Waals surface area contributed by atoms with Gasteiger partial charge in [-0.3, -0.25) is 9.78 Å². The molecule has 0 spiro atoms. The van der Waals surface area contributed by atoms with Crippen molar-refractivity contribution in [3.8, 4) is 21.9 Å². The van der Waals surface area contributed by atoms with E-state index in [0.29, 0.717) is 23.6 Å². The highest BCUT2D eigenvalue weighted by Crippen LogP contribution is 2.30.